The van der Waals surface area contributed by atoms with E-state index in [-0.39, 0.29) is 11.8 Å². The lowest BCUT2D eigenvalue weighted by atomic mass is 10.1. The molecular weight excluding hydrogens is 284 g/mol. The van der Waals surface area contributed by atoms with E-state index in [1.807, 2.05) is 12.1 Å². The number of hydrogen-bond acceptors (Lipinski definition) is 3. The molecule has 2 amide bonds. The highest BCUT2D eigenvalue weighted by atomic mass is 35.5. The number of halogens is 1. The van der Waals surface area contributed by atoms with E-state index < -0.39 is 0 Å². The molecule has 1 aliphatic rings. The second-order valence-electron chi connectivity index (χ2n) is 4.08. The summed E-state index contributed by atoms with van der Waals surface area (Å²) in [5.41, 5.74) is 1.97. The molecule has 0 fully saturated rings. The first-order chi connectivity index (χ1) is 9.15. The molecule has 2 N–H and O–H groups in total. The van der Waals surface area contributed by atoms with Crippen LogP contribution in [0, 0.1) is 0 Å². The van der Waals surface area contributed by atoms with Crippen LogP contribution in [-0.4, -0.2) is 11.8 Å². The van der Waals surface area contributed by atoms with Gasteiger partial charge in [0.2, 0.25) is 0 Å². The molecule has 0 atom stereocenters. The lowest BCUT2D eigenvalue weighted by Crippen LogP contribution is -2.16. The highest BCUT2D eigenvalue weighted by Gasteiger charge is 2.23. The van der Waals surface area contributed by atoms with Crippen LogP contribution in [0.1, 0.15) is 25.6 Å². The first-order valence-electron chi connectivity index (χ1n) is 5.62. The van der Waals surface area contributed by atoms with E-state index in [1.54, 1.807) is 18.2 Å². The van der Waals surface area contributed by atoms with E-state index in [2.05, 4.69) is 10.6 Å². The molecule has 1 aromatic heterocycles. The molecule has 1 aliphatic heterocycles. The van der Waals surface area contributed by atoms with Gasteiger partial charge in [0, 0.05) is 6.54 Å². The lowest BCUT2D eigenvalue weighted by molar-refractivity contribution is 0.0966. The lowest BCUT2D eigenvalue weighted by Gasteiger charge is -2.07. The number of anilines is 1. The number of fused-ring (bicyclic) bond motifs is 1. The van der Waals surface area contributed by atoms with Gasteiger partial charge in [0.15, 0.2) is 0 Å². The van der Waals surface area contributed by atoms with Gasteiger partial charge in [-0.05, 0) is 23.8 Å². The first-order valence-corrected chi connectivity index (χ1v) is 6.81. The Hall–Kier alpha value is -1.85. The molecule has 4 nitrogen and oxygen atoms in total. The predicted molar refractivity (Wildman–Crippen MR) is 74.9 cm³/mol. The summed E-state index contributed by atoms with van der Waals surface area (Å²) in [6.45, 7) is 0.503. The molecule has 0 saturated heterocycles. The molecule has 3 rings (SSSR count). The normalized spacial score (nSPS) is 13.0. The van der Waals surface area contributed by atoms with Crippen molar-refractivity contribution in [2.45, 2.75) is 6.54 Å². The number of nitrogens with one attached hydrogen (secondary N) is 2. The van der Waals surface area contributed by atoms with Gasteiger partial charge in [0.1, 0.15) is 0 Å². The number of rotatable bonds is 2. The third kappa shape index (κ3) is 2.22. The third-order valence-corrected chi connectivity index (χ3v) is 4.09. The van der Waals surface area contributed by atoms with Crippen LogP contribution >= 0.6 is 22.9 Å². The number of amides is 2. The number of hydrogen-bond donors (Lipinski definition) is 2. The quantitative estimate of drug-likeness (QED) is 0.894. The minimum absolute atomic E-state index is 0.157. The van der Waals surface area contributed by atoms with E-state index in [9.17, 15) is 9.59 Å². The van der Waals surface area contributed by atoms with E-state index in [4.69, 9.17) is 11.6 Å². The molecule has 0 bridgehead atoms. The van der Waals surface area contributed by atoms with Gasteiger partial charge < -0.3 is 10.6 Å². The Morgan fingerprint density at radius 3 is 2.89 bits per heavy atom. The number of thiophene rings is 1. The predicted octanol–water partition coefficient (Wildman–Crippen LogP) is 2.90. The smallest absolute Gasteiger partial charge is 0.265 e. The van der Waals surface area contributed by atoms with Crippen LogP contribution in [0.2, 0.25) is 4.34 Å². The Balaban J connectivity index is 1.91. The van der Waals surface area contributed by atoms with Crippen molar-refractivity contribution < 1.29 is 9.59 Å². The van der Waals surface area contributed by atoms with Crippen molar-refractivity contribution in [1.29, 1.82) is 0 Å². The molecular formula is C13H9ClN2O2S. The largest absolute Gasteiger partial charge is 0.348 e. The average molecular weight is 293 g/mol. The van der Waals surface area contributed by atoms with Crippen molar-refractivity contribution in [2.24, 2.45) is 0 Å². The van der Waals surface area contributed by atoms with Gasteiger partial charge in [-0.1, -0.05) is 23.7 Å². The van der Waals surface area contributed by atoms with Crippen LogP contribution in [0.25, 0.3) is 0 Å². The summed E-state index contributed by atoms with van der Waals surface area (Å²) < 4.78 is 0.557. The first kappa shape index (κ1) is 12.2. The maximum atomic E-state index is 12.0. The Labute approximate surface area is 118 Å². The summed E-state index contributed by atoms with van der Waals surface area (Å²) in [5.74, 6) is -0.417. The Bertz CT molecular complexity index is 681. The number of carbonyl (C=O) groups excluding carboxylic acids is 2. The van der Waals surface area contributed by atoms with E-state index in [0.717, 1.165) is 5.56 Å². The van der Waals surface area contributed by atoms with Crippen LogP contribution in [0.15, 0.2) is 30.3 Å². The van der Waals surface area contributed by atoms with E-state index >= 15 is 0 Å². The molecule has 2 aromatic rings. The van der Waals surface area contributed by atoms with Gasteiger partial charge in [-0.15, -0.1) is 11.3 Å². The third-order valence-electron chi connectivity index (χ3n) is 2.86. The molecule has 0 spiro atoms. The zero-order chi connectivity index (χ0) is 13.4. The molecule has 2 heterocycles. The summed E-state index contributed by atoms with van der Waals surface area (Å²) in [4.78, 5) is 24.3. The Morgan fingerprint density at radius 2 is 2.16 bits per heavy atom. The Kier molecular flexibility index (Phi) is 3.00. The van der Waals surface area contributed by atoms with E-state index in [0.29, 0.717) is 27.0 Å². The highest BCUT2D eigenvalue weighted by molar-refractivity contribution is 7.18. The van der Waals surface area contributed by atoms with Gasteiger partial charge >= 0.3 is 0 Å². The van der Waals surface area contributed by atoms with Crippen LogP contribution in [-0.2, 0) is 6.54 Å². The van der Waals surface area contributed by atoms with Gasteiger partial charge in [-0.25, -0.2) is 0 Å². The fourth-order valence-electron chi connectivity index (χ4n) is 2.00. The maximum Gasteiger partial charge on any atom is 0.265 e. The van der Waals surface area contributed by atoms with Crippen molar-refractivity contribution in [2.75, 3.05) is 5.32 Å². The van der Waals surface area contributed by atoms with Crippen molar-refractivity contribution >= 4 is 40.4 Å². The second-order valence-corrected chi connectivity index (χ2v) is 5.80. The van der Waals surface area contributed by atoms with Gasteiger partial charge in [0.05, 0.1) is 20.5 Å². The van der Waals surface area contributed by atoms with Crippen LogP contribution in [0.5, 0.6) is 0 Å². The summed E-state index contributed by atoms with van der Waals surface area (Å²) in [6, 6.07) is 8.73. The molecule has 0 saturated carbocycles. The van der Waals surface area contributed by atoms with Gasteiger partial charge in [0.25, 0.3) is 11.8 Å². The van der Waals surface area contributed by atoms with Crippen LogP contribution in [0.3, 0.4) is 0 Å². The maximum absolute atomic E-state index is 12.0. The van der Waals surface area contributed by atoms with Gasteiger partial charge in [-0.3, -0.25) is 9.59 Å². The summed E-state index contributed by atoms with van der Waals surface area (Å²) in [5, 5.41) is 5.49. The summed E-state index contributed by atoms with van der Waals surface area (Å²) in [7, 11) is 0. The highest BCUT2D eigenvalue weighted by Crippen LogP contribution is 2.26. The van der Waals surface area contributed by atoms with Crippen molar-refractivity contribution in [1.82, 2.24) is 5.32 Å². The minimum Gasteiger partial charge on any atom is -0.348 e. The topological polar surface area (TPSA) is 58.2 Å². The SMILES string of the molecule is O=C(Nc1cccc2c1C(=O)NC2)c1ccc(Cl)s1. The minimum atomic E-state index is -0.259. The van der Waals surface area contributed by atoms with Gasteiger partial charge in [-0.2, -0.15) is 0 Å². The number of benzene rings is 1. The standard InChI is InChI=1S/C13H9ClN2O2S/c14-10-5-4-9(19-10)12(17)16-8-3-1-2-7-6-15-13(18)11(7)8/h1-5H,6H2,(H,15,18)(H,16,17). The Morgan fingerprint density at radius 1 is 1.32 bits per heavy atom. The monoisotopic (exact) mass is 292 g/mol. The zero-order valence-corrected chi connectivity index (χ0v) is 11.3. The fraction of sp³-hybridized carbons (Fsp3) is 0.0769. The molecule has 96 valence electrons. The van der Waals surface area contributed by atoms with Crippen molar-refractivity contribution in [3.05, 3.63) is 50.7 Å². The molecule has 1 aromatic carbocycles. The summed E-state index contributed by atoms with van der Waals surface area (Å²) in [6.07, 6.45) is 0. The molecule has 0 radical (unpaired) electrons. The molecule has 0 unspecified atom stereocenters. The fourth-order valence-corrected chi connectivity index (χ4v) is 2.94. The zero-order valence-electron chi connectivity index (χ0n) is 9.70. The average Bonchev–Trinajstić information content (AvgIpc) is 2.97. The van der Waals surface area contributed by atoms with E-state index in [1.165, 1.54) is 11.3 Å². The summed E-state index contributed by atoms with van der Waals surface area (Å²) >= 11 is 7.00. The van der Waals surface area contributed by atoms with Crippen molar-refractivity contribution in [3.63, 3.8) is 0 Å². The number of carbonyl (C=O) groups is 2. The second kappa shape index (κ2) is 4.68. The molecule has 19 heavy (non-hydrogen) atoms. The molecule has 6 heteroatoms. The van der Waals surface area contributed by atoms with Crippen LogP contribution < -0.4 is 10.6 Å². The van der Waals surface area contributed by atoms with Crippen LogP contribution in [0.4, 0.5) is 5.69 Å². The molecule has 0 aliphatic carbocycles. The van der Waals surface area contributed by atoms with Crippen molar-refractivity contribution in [3.8, 4) is 0 Å².